The maximum atomic E-state index is 12.8. The van der Waals surface area contributed by atoms with Gasteiger partial charge in [0, 0.05) is 19.3 Å². The average Bonchev–Trinajstić information content (AvgIpc) is 3.33. The molecule has 0 aliphatic heterocycles. The molecule has 0 aliphatic carbocycles. The van der Waals surface area contributed by atoms with E-state index >= 15 is 0 Å². The smallest absolute Gasteiger partial charge is 0.306 e. The minimum absolute atomic E-state index is 0.129. The third-order valence-corrected chi connectivity index (χ3v) is 10.3. The molecule has 0 heterocycles. The summed E-state index contributed by atoms with van der Waals surface area (Å²) in [5.74, 6) is -1.06. The number of hydrogen-bond acceptors (Lipinski definition) is 6. The lowest BCUT2D eigenvalue weighted by Crippen LogP contribution is -2.30. The van der Waals surface area contributed by atoms with Crippen LogP contribution in [0.15, 0.2) is 146 Å². The van der Waals surface area contributed by atoms with Gasteiger partial charge in [0.05, 0.1) is 0 Å². The molecule has 0 radical (unpaired) electrons. The van der Waals surface area contributed by atoms with E-state index in [1.54, 1.807) is 0 Å². The second kappa shape index (κ2) is 53.9. The third kappa shape index (κ3) is 52.1. The normalized spacial score (nSPS) is 12.9. The molecule has 6 heteroatoms. The van der Waals surface area contributed by atoms with Gasteiger partial charge < -0.3 is 14.2 Å². The van der Waals surface area contributed by atoms with Gasteiger partial charge in [-0.3, -0.25) is 14.4 Å². The molecule has 0 aromatic heterocycles. The molecule has 67 heavy (non-hydrogen) atoms. The van der Waals surface area contributed by atoms with Crippen molar-refractivity contribution in [2.24, 2.45) is 0 Å². The molecule has 0 aliphatic rings. The maximum Gasteiger partial charge on any atom is 0.306 e. The van der Waals surface area contributed by atoms with E-state index < -0.39 is 12.1 Å². The Labute approximate surface area is 410 Å². The van der Waals surface area contributed by atoms with Gasteiger partial charge >= 0.3 is 17.9 Å². The van der Waals surface area contributed by atoms with Gasteiger partial charge in [-0.15, -0.1) is 0 Å². The van der Waals surface area contributed by atoms with E-state index in [1.807, 2.05) is 12.2 Å². The number of allylic oxidation sites excluding steroid dienone is 24. The van der Waals surface area contributed by atoms with Crippen LogP contribution < -0.4 is 0 Å². The molecule has 0 aromatic carbocycles. The summed E-state index contributed by atoms with van der Waals surface area (Å²) >= 11 is 0. The standard InChI is InChI=1S/C61H94O6/c1-4-7-10-13-16-19-22-25-28-29-30-31-34-37-40-43-46-49-52-55-61(64)67-58(56-65-59(62)53-50-47-44-41-38-35-32-26-23-20-17-14-11-8-5-2)57-66-60(63)54-51-48-45-42-39-36-33-27-24-21-18-15-12-9-6-3/h7-12,16-21,25-28,30-33,37,40,46,49,58H,4-6,13-15,22-24,29,34-36,38-39,41-45,47-48,50-57H2,1-3H3/b10-7-,11-8-,12-9-,19-16-,20-17-,21-18-,28-25-,31-30-,32-26-,33-27-,40-37-,49-46-. The Morgan fingerprint density at radius 1 is 0.299 bits per heavy atom. The van der Waals surface area contributed by atoms with Crippen molar-refractivity contribution in [3.8, 4) is 0 Å². The summed E-state index contributed by atoms with van der Waals surface area (Å²) in [6.45, 7) is 6.18. The lowest BCUT2D eigenvalue weighted by atomic mass is 10.1. The Morgan fingerprint density at radius 3 is 0.896 bits per heavy atom. The van der Waals surface area contributed by atoms with Crippen molar-refractivity contribution in [3.05, 3.63) is 146 Å². The molecule has 0 bridgehead atoms. The summed E-state index contributed by atoms with van der Waals surface area (Å²) in [4.78, 5) is 38.0. The average molecular weight is 923 g/mol. The summed E-state index contributed by atoms with van der Waals surface area (Å²) < 4.78 is 16.7. The molecule has 0 spiro atoms. The van der Waals surface area contributed by atoms with Crippen LogP contribution >= 0.6 is 0 Å². The summed E-state index contributed by atoms with van der Waals surface area (Å²) in [6.07, 6.45) is 77.0. The first kappa shape index (κ1) is 62.3. The second-order valence-electron chi connectivity index (χ2n) is 16.6. The van der Waals surface area contributed by atoms with E-state index in [4.69, 9.17) is 14.2 Å². The van der Waals surface area contributed by atoms with E-state index in [2.05, 4.69) is 154 Å². The van der Waals surface area contributed by atoms with Crippen LogP contribution in [-0.4, -0.2) is 37.2 Å². The van der Waals surface area contributed by atoms with E-state index in [0.29, 0.717) is 19.3 Å². The molecule has 0 saturated heterocycles. The van der Waals surface area contributed by atoms with E-state index in [9.17, 15) is 14.4 Å². The van der Waals surface area contributed by atoms with Crippen molar-refractivity contribution >= 4 is 17.9 Å². The highest BCUT2D eigenvalue weighted by atomic mass is 16.6. The third-order valence-electron chi connectivity index (χ3n) is 10.3. The maximum absolute atomic E-state index is 12.8. The van der Waals surface area contributed by atoms with Crippen molar-refractivity contribution in [2.45, 2.75) is 207 Å². The summed E-state index contributed by atoms with van der Waals surface area (Å²) in [7, 11) is 0. The molecular formula is C61H94O6. The van der Waals surface area contributed by atoms with Crippen molar-refractivity contribution < 1.29 is 28.6 Å². The van der Waals surface area contributed by atoms with Crippen LogP contribution in [0.4, 0.5) is 0 Å². The Balaban J connectivity index is 4.60. The van der Waals surface area contributed by atoms with Crippen molar-refractivity contribution in [3.63, 3.8) is 0 Å². The van der Waals surface area contributed by atoms with Gasteiger partial charge in [0.25, 0.3) is 0 Å². The number of esters is 3. The van der Waals surface area contributed by atoms with Crippen LogP contribution in [0, 0.1) is 0 Å². The van der Waals surface area contributed by atoms with Gasteiger partial charge in [-0.25, -0.2) is 0 Å². The highest BCUT2D eigenvalue weighted by Gasteiger charge is 2.19. The molecule has 0 N–H and O–H groups in total. The van der Waals surface area contributed by atoms with Crippen LogP contribution in [0.1, 0.15) is 201 Å². The minimum atomic E-state index is -0.839. The fourth-order valence-corrected chi connectivity index (χ4v) is 6.49. The molecule has 0 amide bonds. The minimum Gasteiger partial charge on any atom is -0.462 e. The first-order chi connectivity index (χ1) is 33.0. The van der Waals surface area contributed by atoms with Crippen molar-refractivity contribution in [2.75, 3.05) is 13.2 Å². The molecule has 374 valence electrons. The molecular weight excluding hydrogens is 829 g/mol. The predicted molar refractivity (Wildman–Crippen MR) is 288 cm³/mol. The fraction of sp³-hybridized carbons (Fsp3) is 0.557. The summed E-state index contributed by atoms with van der Waals surface area (Å²) in [5, 5.41) is 0. The molecule has 0 saturated carbocycles. The molecule has 0 aromatic rings. The number of unbranched alkanes of at least 4 members (excludes halogenated alkanes) is 10. The van der Waals surface area contributed by atoms with Crippen molar-refractivity contribution in [1.29, 1.82) is 0 Å². The second-order valence-corrected chi connectivity index (χ2v) is 16.6. The van der Waals surface area contributed by atoms with Crippen LogP contribution in [0.25, 0.3) is 0 Å². The lowest BCUT2D eigenvalue weighted by molar-refractivity contribution is -0.166. The highest BCUT2D eigenvalue weighted by Crippen LogP contribution is 2.12. The predicted octanol–water partition coefficient (Wildman–Crippen LogP) is 17.6. The van der Waals surface area contributed by atoms with Gasteiger partial charge in [-0.1, -0.05) is 205 Å². The van der Waals surface area contributed by atoms with E-state index in [1.165, 1.54) is 0 Å². The molecule has 0 rings (SSSR count). The molecule has 0 atom stereocenters. The Bertz CT molecular complexity index is 1460. The molecule has 0 fully saturated rings. The molecule has 6 nitrogen and oxygen atoms in total. The molecule has 0 unspecified atom stereocenters. The Hall–Kier alpha value is -4.71. The zero-order valence-electron chi connectivity index (χ0n) is 42.6. The SMILES string of the molecule is CC/C=C\C/C=C\C/C=C\C/C=C\C/C=C\C/C=C\CCC(=O)OC(COC(=O)CCCCCCC/C=C\C/C=C\C/C=C\CC)COC(=O)CCCCCCC/C=C\C/C=C\C/C=C\CC. The van der Waals surface area contributed by atoms with Crippen LogP contribution in [-0.2, 0) is 28.6 Å². The monoisotopic (exact) mass is 923 g/mol. The largest absolute Gasteiger partial charge is 0.462 e. The zero-order chi connectivity index (χ0) is 48.6. The van der Waals surface area contributed by atoms with E-state index in [-0.39, 0.29) is 31.6 Å². The van der Waals surface area contributed by atoms with Gasteiger partial charge in [0.2, 0.25) is 0 Å². The topological polar surface area (TPSA) is 78.9 Å². The van der Waals surface area contributed by atoms with Gasteiger partial charge in [0.1, 0.15) is 13.2 Å². The summed E-state index contributed by atoms with van der Waals surface area (Å²) in [6, 6.07) is 0. The number of hydrogen-bond donors (Lipinski definition) is 0. The van der Waals surface area contributed by atoms with Crippen LogP contribution in [0.3, 0.4) is 0 Å². The fourth-order valence-electron chi connectivity index (χ4n) is 6.49. The first-order valence-electron chi connectivity index (χ1n) is 26.3. The summed E-state index contributed by atoms with van der Waals surface area (Å²) in [5.41, 5.74) is 0. The van der Waals surface area contributed by atoms with Gasteiger partial charge in [0.15, 0.2) is 6.10 Å². The highest BCUT2D eigenvalue weighted by molar-refractivity contribution is 5.71. The van der Waals surface area contributed by atoms with Gasteiger partial charge in [-0.2, -0.15) is 0 Å². The first-order valence-corrected chi connectivity index (χ1v) is 26.3. The number of rotatable bonds is 45. The van der Waals surface area contributed by atoms with E-state index in [0.717, 1.165) is 154 Å². The van der Waals surface area contributed by atoms with Crippen LogP contribution in [0.5, 0.6) is 0 Å². The van der Waals surface area contributed by atoms with Crippen molar-refractivity contribution in [1.82, 2.24) is 0 Å². The Morgan fingerprint density at radius 2 is 0.567 bits per heavy atom. The zero-order valence-corrected chi connectivity index (χ0v) is 42.6. The Kier molecular flexibility index (Phi) is 50.1. The van der Waals surface area contributed by atoms with Crippen LogP contribution in [0.2, 0.25) is 0 Å². The number of carbonyl (C=O) groups is 3. The number of ether oxygens (including phenoxy) is 3. The van der Waals surface area contributed by atoms with Gasteiger partial charge in [-0.05, 0) is 122 Å². The number of carbonyl (C=O) groups excluding carboxylic acids is 3. The lowest BCUT2D eigenvalue weighted by Gasteiger charge is -2.18. The quantitative estimate of drug-likeness (QED) is 0.0262.